The third-order valence-electron chi connectivity index (χ3n) is 3.48. The summed E-state index contributed by atoms with van der Waals surface area (Å²) in [6.07, 6.45) is 2.07. The van der Waals surface area contributed by atoms with E-state index in [4.69, 9.17) is 4.74 Å². The highest BCUT2D eigenvalue weighted by Crippen LogP contribution is 2.26. The molecule has 1 amide bonds. The molecule has 0 radical (unpaired) electrons. The van der Waals surface area contributed by atoms with Gasteiger partial charge >= 0.3 is 5.97 Å². The number of carbonyl (C=O) groups excluding carboxylic acids is 2. The molecule has 0 aliphatic rings. The maximum Gasteiger partial charge on any atom is 0.337 e. The Balaban J connectivity index is 1.89. The van der Waals surface area contributed by atoms with Gasteiger partial charge in [0, 0.05) is 5.69 Å². The first-order valence-corrected chi connectivity index (χ1v) is 8.72. The van der Waals surface area contributed by atoms with Gasteiger partial charge in [-0.1, -0.05) is 19.4 Å². The van der Waals surface area contributed by atoms with Crippen LogP contribution in [0.4, 0.5) is 5.69 Å². The predicted octanol–water partition coefficient (Wildman–Crippen LogP) is 4.21. The van der Waals surface area contributed by atoms with Crippen LogP contribution in [0.1, 0.15) is 29.3 Å². The fraction of sp³-hybridized carbons (Fsp3) is 0.263. The van der Waals surface area contributed by atoms with Crippen molar-refractivity contribution in [3.8, 4) is 5.75 Å². The number of aryl methyl sites for hydroxylation is 1. The molecular formula is C19H20BrNO4. The minimum atomic E-state index is -0.419. The highest BCUT2D eigenvalue weighted by molar-refractivity contribution is 9.10. The number of methoxy groups -OCH3 is 1. The van der Waals surface area contributed by atoms with Crippen molar-refractivity contribution in [3.05, 3.63) is 58.1 Å². The number of anilines is 1. The van der Waals surface area contributed by atoms with E-state index in [2.05, 4.69) is 32.9 Å². The molecule has 25 heavy (non-hydrogen) atoms. The Hall–Kier alpha value is -2.34. The number of rotatable bonds is 7. The Morgan fingerprint density at radius 2 is 1.84 bits per heavy atom. The van der Waals surface area contributed by atoms with Gasteiger partial charge in [0.2, 0.25) is 0 Å². The van der Waals surface area contributed by atoms with Crippen molar-refractivity contribution in [2.45, 2.75) is 19.8 Å². The minimum absolute atomic E-state index is 0.107. The molecular weight excluding hydrogens is 386 g/mol. The number of hydrogen-bond acceptors (Lipinski definition) is 4. The van der Waals surface area contributed by atoms with E-state index in [1.165, 1.54) is 12.7 Å². The molecule has 132 valence electrons. The molecule has 0 fully saturated rings. The maximum atomic E-state index is 12.0. The Bertz CT molecular complexity index is 744. The van der Waals surface area contributed by atoms with Crippen molar-refractivity contribution < 1.29 is 19.1 Å². The standard InChI is InChI=1S/C19H20BrNO4/c1-3-4-13-5-10-17(16(20)11-13)25-12-18(22)21-15-8-6-14(7-9-15)19(23)24-2/h5-11H,3-4,12H2,1-2H3,(H,21,22). The van der Waals surface area contributed by atoms with Crippen molar-refractivity contribution in [1.29, 1.82) is 0 Å². The average Bonchev–Trinajstić information content (AvgIpc) is 2.61. The molecule has 0 aromatic heterocycles. The molecule has 2 rings (SSSR count). The second-order valence-electron chi connectivity index (χ2n) is 5.42. The summed E-state index contributed by atoms with van der Waals surface area (Å²) in [5.41, 5.74) is 2.23. The van der Waals surface area contributed by atoms with Crippen molar-refractivity contribution in [3.63, 3.8) is 0 Å². The molecule has 2 aromatic rings. The molecule has 6 heteroatoms. The Morgan fingerprint density at radius 1 is 1.12 bits per heavy atom. The van der Waals surface area contributed by atoms with Gasteiger partial charge in [0.05, 0.1) is 17.1 Å². The normalized spacial score (nSPS) is 10.2. The van der Waals surface area contributed by atoms with Crippen LogP contribution < -0.4 is 10.1 Å². The second kappa shape index (κ2) is 9.22. The fourth-order valence-electron chi connectivity index (χ4n) is 2.25. The van der Waals surface area contributed by atoms with Gasteiger partial charge in [0.15, 0.2) is 6.61 Å². The zero-order chi connectivity index (χ0) is 18.2. The Kier molecular flexibility index (Phi) is 7.01. The van der Waals surface area contributed by atoms with Gasteiger partial charge in [0.1, 0.15) is 5.75 Å². The smallest absolute Gasteiger partial charge is 0.337 e. The third-order valence-corrected chi connectivity index (χ3v) is 4.10. The molecule has 2 aromatic carbocycles. The lowest BCUT2D eigenvalue weighted by Crippen LogP contribution is -2.20. The molecule has 0 atom stereocenters. The zero-order valence-corrected chi connectivity index (χ0v) is 15.8. The summed E-state index contributed by atoms with van der Waals surface area (Å²) < 4.78 is 11.0. The Labute approximate surface area is 155 Å². The van der Waals surface area contributed by atoms with E-state index < -0.39 is 5.97 Å². The van der Waals surface area contributed by atoms with Crippen LogP contribution in [-0.2, 0) is 16.0 Å². The molecule has 5 nitrogen and oxygen atoms in total. The van der Waals surface area contributed by atoms with Gasteiger partial charge in [-0.15, -0.1) is 0 Å². The summed E-state index contributed by atoms with van der Waals surface area (Å²) in [7, 11) is 1.32. The lowest BCUT2D eigenvalue weighted by molar-refractivity contribution is -0.118. The van der Waals surface area contributed by atoms with Crippen LogP contribution in [0.15, 0.2) is 46.9 Å². The molecule has 0 heterocycles. The number of benzene rings is 2. The second-order valence-corrected chi connectivity index (χ2v) is 6.27. The van der Waals surface area contributed by atoms with Crippen molar-refractivity contribution in [2.75, 3.05) is 19.0 Å². The van der Waals surface area contributed by atoms with Crippen molar-refractivity contribution >= 4 is 33.5 Å². The van der Waals surface area contributed by atoms with E-state index in [1.54, 1.807) is 24.3 Å². The van der Waals surface area contributed by atoms with Crippen LogP contribution in [0.25, 0.3) is 0 Å². The number of amides is 1. The number of carbonyl (C=O) groups is 2. The largest absolute Gasteiger partial charge is 0.483 e. The summed E-state index contributed by atoms with van der Waals surface area (Å²) in [5, 5.41) is 2.72. The van der Waals surface area contributed by atoms with Gasteiger partial charge < -0.3 is 14.8 Å². The topological polar surface area (TPSA) is 64.6 Å². The first-order chi connectivity index (χ1) is 12.0. The van der Waals surface area contributed by atoms with E-state index >= 15 is 0 Å². The summed E-state index contributed by atoms with van der Waals surface area (Å²) in [4.78, 5) is 23.4. The van der Waals surface area contributed by atoms with Crippen molar-refractivity contribution in [2.24, 2.45) is 0 Å². The van der Waals surface area contributed by atoms with Gasteiger partial charge in [-0.25, -0.2) is 4.79 Å². The van der Waals surface area contributed by atoms with E-state index in [1.807, 2.05) is 18.2 Å². The maximum absolute atomic E-state index is 12.0. The lowest BCUT2D eigenvalue weighted by atomic mass is 10.1. The zero-order valence-electron chi connectivity index (χ0n) is 14.2. The van der Waals surface area contributed by atoms with Crippen LogP contribution in [0.3, 0.4) is 0 Å². The van der Waals surface area contributed by atoms with Crippen LogP contribution in [0, 0.1) is 0 Å². The summed E-state index contributed by atoms with van der Waals surface area (Å²) in [5.74, 6) is -0.0797. The SMILES string of the molecule is CCCc1ccc(OCC(=O)Nc2ccc(C(=O)OC)cc2)c(Br)c1. The summed E-state index contributed by atoms with van der Waals surface area (Å²) >= 11 is 3.46. The summed E-state index contributed by atoms with van der Waals surface area (Å²) in [6.45, 7) is 2.02. The number of nitrogens with one attached hydrogen (secondary N) is 1. The molecule has 0 spiro atoms. The third kappa shape index (κ3) is 5.60. The summed E-state index contributed by atoms with van der Waals surface area (Å²) in [6, 6.07) is 12.3. The molecule has 0 saturated heterocycles. The van der Waals surface area contributed by atoms with E-state index in [0.717, 1.165) is 17.3 Å². The molecule has 0 unspecified atom stereocenters. The van der Waals surface area contributed by atoms with Crippen molar-refractivity contribution in [1.82, 2.24) is 0 Å². The van der Waals surface area contributed by atoms with Gasteiger partial charge in [-0.2, -0.15) is 0 Å². The first-order valence-electron chi connectivity index (χ1n) is 7.93. The van der Waals surface area contributed by atoms with Crippen LogP contribution in [0.2, 0.25) is 0 Å². The number of ether oxygens (including phenoxy) is 2. The van der Waals surface area contributed by atoms with E-state index in [-0.39, 0.29) is 12.5 Å². The predicted molar refractivity (Wildman–Crippen MR) is 100 cm³/mol. The number of hydrogen-bond donors (Lipinski definition) is 1. The highest BCUT2D eigenvalue weighted by Gasteiger charge is 2.08. The van der Waals surface area contributed by atoms with Crippen LogP contribution >= 0.6 is 15.9 Å². The van der Waals surface area contributed by atoms with Crippen LogP contribution in [0.5, 0.6) is 5.75 Å². The van der Waals surface area contributed by atoms with Gasteiger partial charge in [-0.05, 0) is 64.3 Å². The molecule has 0 bridgehead atoms. The van der Waals surface area contributed by atoms with Crippen LogP contribution in [-0.4, -0.2) is 25.6 Å². The highest BCUT2D eigenvalue weighted by atomic mass is 79.9. The van der Waals surface area contributed by atoms with Gasteiger partial charge in [-0.3, -0.25) is 4.79 Å². The molecule has 0 saturated carbocycles. The van der Waals surface area contributed by atoms with E-state index in [0.29, 0.717) is 17.0 Å². The van der Waals surface area contributed by atoms with Gasteiger partial charge in [0.25, 0.3) is 5.91 Å². The molecule has 1 N–H and O–H groups in total. The molecule has 0 aliphatic carbocycles. The first kappa shape index (κ1) is 19.0. The average molecular weight is 406 g/mol. The number of halogens is 1. The fourth-order valence-corrected chi connectivity index (χ4v) is 2.79. The number of esters is 1. The minimum Gasteiger partial charge on any atom is -0.483 e. The quantitative estimate of drug-likeness (QED) is 0.700. The lowest BCUT2D eigenvalue weighted by Gasteiger charge is -2.10. The van der Waals surface area contributed by atoms with E-state index in [9.17, 15) is 9.59 Å². The Morgan fingerprint density at radius 3 is 2.44 bits per heavy atom. The monoisotopic (exact) mass is 405 g/mol. The molecule has 0 aliphatic heterocycles.